The summed E-state index contributed by atoms with van der Waals surface area (Å²) in [5.41, 5.74) is 0.222. The quantitative estimate of drug-likeness (QED) is 0.380. The maximum absolute atomic E-state index is 12.3. The molecule has 0 spiro atoms. The van der Waals surface area contributed by atoms with Crippen LogP contribution in [-0.4, -0.2) is 44.3 Å². The number of carbonyl (C=O) groups excluding carboxylic acids is 3. The zero-order valence-corrected chi connectivity index (χ0v) is 18.6. The second kappa shape index (κ2) is 13.3. The van der Waals surface area contributed by atoms with Crippen molar-refractivity contribution < 1.29 is 28.6 Å². The van der Waals surface area contributed by atoms with E-state index in [1.165, 1.54) is 6.07 Å². The summed E-state index contributed by atoms with van der Waals surface area (Å²) < 4.78 is 16.2. The van der Waals surface area contributed by atoms with Crippen LogP contribution >= 0.6 is 11.3 Å². The van der Waals surface area contributed by atoms with Crippen molar-refractivity contribution in [3.8, 4) is 11.5 Å². The molecule has 0 radical (unpaired) electrons. The molecule has 2 rings (SSSR count). The van der Waals surface area contributed by atoms with Gasteiger partial charge in [0.2, 0.25) is 0 Å². The molecule has 0 aliphatic heterocycles. The average molecular weight is 449 g/mol. The first kappa shape index (κ1) is 24.2. The largest absolute Gasteiger partial charge is 0.490 e. The smallest absolute Gasteiger partial charge is 0.338 e. The summed E-state index contributed by atoms with van der Waals surface area (Å²) in [7, 11) is 0. The number of imide groups is 1. The summed E-state index contributed by atoms with van der Waals surface area (Å²) in [6.45, 7) is 4.68. The minimum absolute atomic E-state index is 0.222. The van der Waals surface area contributed by atoms with Crippen molar-refractivity contribution in [1.82, 2.24) is 10.6 Å². The predicted molar refractivity (Wildman–Crippen MR) is 118 cm³/mol. The lowest BCUT2D eigenvalue weighted by Crippen LogP contribution is -2.42. The average Bonchev–Trinajstić information content (AvgIpc) is 3.27. The number of ether oxygens (including phenoxy) is 3. The van der Waals surface area contributed by atoms with E-state index < -0.39 is 24.5 Å². The number of nitrogens with one attached hydrogen (secondary N) is 2. The van der Waals surface area contributed by atoms with Gasteiger partial charge in [0, 0.05) is 11.4 Å². The van der Waals surface area contributed by atoms with Gasteiger partial charge in [-0.1, -0.05) is 19.4 Å². The molecule has 0 fully saturated rings. The fraction of sp³-hybridized carbons (Fsp3) is 0.409. The minimum atomic E-state index is -0.716. The molecule has 3 amide bonds. The highest BCUT2D eigenvalue weighted by Gasteiger charge is 2.15. The second-order valence-corrected chi connectivity index (χ2v) is 7.54. The molecule has 1 aromatic carbocycles. The molecule has 0 saturated carbocycles. The van der Waals surface area contributed by atoms with Crippen molar-refractivity contribution in [1.29, 1.82) is 0 Å². The standard InChI is InChI=1S/C22H28N2O6S/c1-3-5-12-29-18-9-8-16(14-19(18)28-4-2)21(26)30-15-20(25)24-22(27)23-11-10-17-7-6-13-31-17/h6-9,13-14H,3-5,10-12,15H2,1-2H3,(H2,23,24,25,27). The Hall–Kier alpha value is -3.07. The Morgan fingerprint density at radius 3 is 2.61 bits per heavy atom. The van der Waals surface area contributed by atoms with E-state index in [4.69, 9.17) is 14.2 Å². The van der Waals surface area contributed by atoms with Gasteiger partial charge in [-0.15, -0.1) is 11.3 Å². The Kier molecular flexibility index (Phi) is 10.4. The van der Waals surface area contributed by atoms with Gasteiger partial charge in [0.25, 0.3) is 5.91 Å². The first-order valence-corrected chi connectivity index (χ1v) is 11.1. The van der Waals surface area contributed by atoms with Crippen molar-refractivity contribution in [2.75, 3.05) is 26.4 Å². The van der Waals surface area contributed by atoms with Gasteiger partial charge in [-0.05, 0) is 49.4 Å². The summed E-state index contributed by atoms with van der Waals surface area (Å²) in [6.07, 6.45) is 2.59. The molecule has 9 heteroatoms. The van der Waals surface area contributed by atoms with Crippen molar-refractivity contribution >= 4 is 29.2 Å². The van der Waals surface area contributed by atoms with Gasteiger partial charge >= 0.3 is 12.0 Å². The minimum Gasteiger partial charge on any atom is -0.490 e. The molecule has 8 nitrogen and oxygen atoms in total. The monoisotopic (exact) mass is 448 g/mol. The highest BCUT2D eigenvalue weighted by Crippen LogP contribution is 2.29. The fourth-order valence-electron chi connectivity index (χ4n) is 2.52. The van der Waals surface area contributed by atoms with E-state index in [1.807, 2.05) is 24.4 Å². The van der Waals surface area contributed by atoms with Gasteiger partial charge in [0.05, 0.1) is 18.8 Å². The number of unbranched alkanes of at least 4 members (excludes halogenated alkanes) is 1. The topological polar surface area (TPSA) is 103 Å². The van der Waals surface area contributed by atoms with Crippen molar-refractivity contribution in [3.05, 3.63) is 46.2 Å². The summed E-state index contributed by atoms with van der Waals surface area (Å²) in [6, 6.07) is 7.96. The lowest BCUT2D eigenvalue weighted by Gasteiger charge is -2.13. The maximum Gasteiger partial charge on any atom is 0.338 e. The number of benzene rings is 1. The number of carbonyl (C=O) groups is 3. The Morgan fingerprint density at radius 1 is 1.06 bits per heavy atom. The number of amides is 3. The van der Waals surface area contributed by atoms with E-state index in [0.717, 1.165) is 17.7 Å². The van der Waals surface area contributed by atoms with Gasteiger partial charge in [0.1, 0.15) is 0 Å². The first-order chi connectivity index (χ1) is 15.0. The number of rotatable bonds is 12. The molecular weight excluding hydrogens is 420 g/mol. The summed E-state index contributed by atoms with van der Waals surface area (Å²) >= 11 is 1.59. The summed E-state index contributed by atoms with van der Waals surface area (Å²) in [4.78, 5) is 37.0. The third kappa shape index (κ3) is 8.67. The van der Waals surface area contributed by atoms with Crippen molar-refractivity contribution in [2.24, 2.45) is 0 Å². The zero-order valence-electron chi connectivity index (χ0n) is 17.8. The molecule has 0 bridgehead atoms. The Morgan fingerprint density at radius 2 is 1.90 bits per heavy atom. The molecular formula is C22H28N2O6S. The van der Waals surface area contributed by atoms with Crippen LogP contribution in [0.5, 0.6) is 11.5 Å². The molecule has 0 aliphatic rings. The van der Waals surface area contributed by atoms with Crippen molar-refractivity contribution in [2.45, 2.75) is 33.1 Å². The van der Waals surface area contributed by atoms with Crippen LogP contribution in [0.4, 0.5) is 4.79 Å². The Labute approximate surface area is 185 Å². The Balaban J connectivity index is 1.78. The molecule has 2 aromatic rings. The van der Waals surface area contributed by atoms with E-state index in [9.17, 15) is 14.4 Å². The number of hydrogen-bond donors (Lipinski definition) is 2. The van der Waals surface area contributed by atoms with Crippen LogP contribution in [0.25, 0.3) is 0 Å². The van der Waals surface area contributed by atoms with E-state index in [0.29, 0.717) is 37.7 Å². The molecule has 1 heterocycles. The van der Waals surface area contributed by atoms with Gasteiger partial charge in [0.15, 0.2) is 18.1 Å². The molecule has 0 atom stereocenters. The molecule has 2 N–H and O–H groups in total. The maximum atomic E-state index is 12.3. The van der Waals surface area contributed by atoms with Gasteiger partial charge in [-0.3, -0.25) is 10.1 Å². The van der Waals surface area contributed by atoms with Gasteiger partial charge in [-0.2, -0.15) is 0 Å². The normalized spacial score (nSPS) is 10.3. The number of thiophene rings is 1. The highest BCUT2D eigenvalue weighted by atomic mass is 32.1. The van der Waals surface area contributed by atoms with Crippen LogP contribution in [-0.2, 0) is 16.0 Å². The molecule has 168 valence electrons. The lowest BCUT2D eigenvalue weighted by molar-refractivity contribution is -0.123. The first-order valence-electron chi connectivity index (χ1n) is 10.2. The highest BCUT2D eigenvalue weighted by molar-refractivity contribution is 7.09. The Bertz CT molecular complexity index is 854. The van der Waals surface area contributed by atoms with E-state index in [-0.39, 0.29) is 5.56 Å². The second-order valence-electron chi connectivity index (χ2n) is 6.51. The molecule has 0 aliphatic carbocycles. The van der Waals surface area contributed by atoms with Crippen LogP contribution < -0.4 is 20.1 Å². The van der Waals surface area contributed by atoms with Gasteiger partial charge < -0.3 is 19.5 Å². The fourth-order valence-corrected chi connectivity index (χ4v) is 3.23. The molecule has 31 heavy (non-hydrogen) atoms. The van der Waals surface area contributed by atoms with Crippen LogP contribution in [0.2, 0.25) is 0 Å². The molecule has 1 aromatic heterocycles. The van der Waals surface area contributed by atoms with E-state index >= 15 is 0 Å². The van der Waals surface area contributed by atoms with Crippen LogP contribution in [0.1, 0.15) is 41.9 Å². The molecule has 0 saturated heterocycles. The SMILES string of the molecule is CCCCOc1ccc(C(=O)OCC(=O)NC(=O)NCCc2cccs2)cc1OCC. The number of urea groups is 1. The number of hydrogen-bond acceptors (Lipinski definition) is 7. The van der Waals surface area contributed by atoms with Crippen LogP contribution in [0, 0.1) is 0 Å². The zero-order chi connectivity index (χ0) is 22.5. The third-order valence-electron chi connectivity index (χ3n) is 4.06. The van der Waals surface area contributed by atoms with Crippen molar-refractivity contribution in [3.63, 3.8) is 0 Å². The van der Waals surface area contributed by atoms with Crippen LogP contribution in [0.15, 0.2) is 35.7 Å². The summed E-state index contributed by atoms with van der Waals surface area (Å²) in [5.74, 6) is -0.438. The summed E-state index contributed by atoms with van der Waals surface area (Å²) in [5, 5.41) is 6.67. The number of esters is 1. The molecule has 0 unspecified atom stereocenters. The van der Waals surface area contributed by atoms with Gasteiger partial charge in [-0.25, -0.2) is 9.59 Å². The lowest BCUT2D eigenvalue weighted by atomic mass is 10.2. The van der Waals surface area contributed by atoms with E-state index in [1.54, 1.807) is 23.5 Å². The predicted octanol–water partition coefficient (Wildman–Crippen LogP) is 3.55. The third-order valence-corrected chi connectivity index (χ3v) is 5.00. The van der Waals surface area contributed by atoms with Crippen LogP contribution in [0.3, 0.4) is 0 Å². The van der Waals surface area contributed by atoms with E-state index in [2.05, 4.69) is 17.6 Å².